The van der Waals surface area contributed by atoms with E-state index in [1.165, 1.54) is 0 Å². The number of hydrogen-bond donors (Lipinski definition) is 1. The van der Waals surface area contributed by atoms with Crippen molar-refractivity contribution < 1.29 is 14.6 Å². The highest BCUT2D eigenvalue weighted by atomic mass is 16.5. The summed E-state index contributed by atoms with van der Waals surface area (Å²) in [5.41, 5.74) is 0. The Kier molecular flexibility index (Phi) is 4.34. The van der Waals surface area contributed by atoms with Crippen molar-refractivity contribution in [2.45, 2.75) is 6.92 Å². The molecule has 0 amide bonds. The standard InChI is InChI=1S/C7H10O3/c1-3-6(7(8)9)5-10-4-2/h1,6H,4-5H2,2H3,(H,8,9)/t6-/m0/s1. The van der Waals surface area contributed by atoms with Gasteiger partial charge < -0.3 is 9.84 Å². The number of terminal acetylenes is 1. The van der Waals surface area contributed by atoms with Crippen molar-refractivity contribution in [2.24, 2.45) is 5.92 Å². The Morgan fingerprint density at radius 3 is 2.80 bits per heavy atom. The third-order valence-electron chi connectivity index (χ3n) is 0.988. The van der Waals surface area contributed by atoms with E-state index in [0.29, 0.717) is 6.61 Å². The van der Waals surface area contributed by atoms with Crippen LogP contribution in [0.2, 0.25) is 0 Å². The first-order chi connectivity index (χ1) is 4.72. The molecule has 0 radical (unpaired) electrons. The van der Waals surface area contributed by atoms with Crippen LogP contribution in [0, 0.1) is 18.3 Å². The van der Waals surface area contributed by atoms with Crippen molar-refractivity contribution in [3.63, 3.8) is 0 Å². The van der Waals surface area contributed by atoms with Crippen LogP contribution in [0.15, 0.2) is 0 Å². The lowest BCUT2D eigenvalue weighted by molar-refractivity contribution is -0.141. The van der Waals surface area contributed by atoms with Gasteiger partial charge in [-0.25, -0.2) is 0 Å². The monoisotopic (exact) mass is 142 g/mol. The zero-order valence-corrected chi connectivity index (χ0v) is 5.83. The first kappa shape index (κ1) is 8.99. The lowest BCUT2D eigenvalue weighted by Gasteiger charge is -2.03. The van der Waals surface area contributed by atoms with E-state index in [4.69, 9.17) is 16.3 Å². The smallest absolute Gasteiger partial charge is 0.321 e. The van der Waals surface area contributed by atoms with Crippen molar-refractivity contribution in [1.29, 1.82) is 0 Å². The molecule has 1 atom stereocenters. The molecule has 0 unspecified atom stereocenters. The third-order valence-corrected chi connectivity index (χ3v) is 0.988. The van der Waals surface area contributed by atoms with Gasteiger partial charge >= 0.3 is 5.97 Å². The Morgan fingerprint density at radius 1 is 1.90 bits per heavy atom. The third kappa shape index (κ3) is 3.10. The van der Waals surface area contributed by atoms with Gasteiger partial charge in [0.15, 0.2) is 0 Å². The molecule has 1 N–H and O–H groups in total. The van der Waals surface area contributed by atoms with E-state index in [9.17, 15) is 4.79 Å². The van der Waals surface area contributed by atoms with Crippen LogP contribution in [0.1, 0.15) is 6.92 Å². The zero-order valence-electron chi connectivity index (χ0n) is 5.83. The van der Waals surface area contributed by atoms with Crippen LogP contribution in [0.5, 0.6) is 0 Å². The molecule has 0 fully saturated rings. The Hall–Kier alpha value is -1.01. The summed E-state index contributed by atoms with van der Waals surface area (Å²) < 4.78 is 4.82. The summed E-state index contributed by atoms with van der Waals surface area (Å²) in [6.45, 7) is 2.38. The van der Waals surface area contributed by atoms with Gasteiger partial charge in [0, 0.05) is 6.61 Å². The fourth-order valence-electron chi connectivity index (χ4n) is 0.426. The van der Waals surface area contributed by atoms with E-state index in [-0.39, 0.29) is 6.61 Å². The Bertz CT molecular complexity index is 145. The number of carboxylic acid groups (broad SMARTS) is 1. The summed E-state index contributed by atoms with van der Waals surface area (Å²) in [6, 6.07) is 0. The second kappa shape index (κ2) is 4.83. The van der Waals surface area contributed by atoms with E-state index in [1.807, 2.05) is 0 Å². The molecule has 0 heterocycles. The molecule has 0 aromatic rings. The summed E-state index contributed by atoms with van der Waals surface area (Å²) in [5.74, 6) is 0.302. The first-order valence-electron chi connectivity index (χ1n) is 2.99. The number of ether oxygens (including phenoxy) is 1. The first-order valence-corrected chi connectivity index (χ1v) is 2.99. The summed E-state index contributed by atoms with van der Waals surface area (Å²) in [7, 11) is 0. The fraction of sp³-hybridized carbons (Fsp3) is 0.571. The van der Waals surface area contributed by atoms with Gasteiger partial charge in [-0.3, -0.25) is 4.79 Å². The molecule has 0 aliphatic rings. The maximum Gasteiger partial charge on any atom is 0.321 e. The molecule has 0 rings (SSSR count). The predicted molar refractivity (Wildman–Crippen MR) is 36.5 cm³/mol. The molecule has 0 saturated heterocycles. The van der Waals surface area contributed by atoms with Crippen molar-refractivity contribution in [1.82, 2.24) is 0 Å². The number of carboxylic acids is 1. The Morgan fingerprint density at radius 2 is 2.50 bits per heavy atom. The SMILES string of the molecule is C#C[C@@H](COCC)C(=O)O. The highest BCUT2D eigenvalue weighted by molar-refractivity contribution is 5.73. The summed E-state index contributed by atoms with van der Waals surface area (Å²) in [6.07, 6.45) is 4.90. The molecular formula is C7H10O3. The lowest BCUT2D eigenvalue weighted by atomic mass is 10.2. The molecule has 3 nitrogen and oxygen atoms in total. The largest absolute Gasteiger partial charge is 0.480 e. The minimum Gasteiger partial charge on any atom is -0.480 e. The quantitative estimate of drug-likeness (QED) is 0.576. The van der Waals surface area contributed by atoms with Crippen LogP contribution < -0.4 is 0 Å². The van der Waals surface area contributed by atoms with Crippen LogP contribution in [-0.2, 0) is 9.53 Å². The van der Waals surface area contributed by atoms with Gasteiger partial charge in [0.25, 0.3) is 0 Å². The number of carbonyl (C=O) groups is 1. The van der Waals surface area contributed by atoms with Gasteiger partial charge in [-0.15, -0.1) is 6.42 Å². The average molecular weight is 142 g/mol. The topological polar surface area (TPSA) is 46.5 Å². The van der Waals surface area contributed by atoms with Gasteiger partial charge in [0.1, 0.15) is 5.92 Å². The van der Waals surface area contributed by atoms with E-state index < -0.39 is 11.9 Å². The van der Waals surface area contributed by atoms with Crippen molar-refractivity contribution >= 4 is 5.97 Å². The van der Waals surface area contributed by atoms with Crippen LogP contribution in [0.25, 0.3) is 0 Å². The predicted octanol–water partition coefficient (Wildman–Crippen LogP) is 0.357. The second-order valence-corrected chi connectivity index (χ2v) is 1.72. The van der Waals surface area contributed by atoms with Crippen molar-refractivity contribution in [3.05, 3.63) is 0 Å². The number of rotatable bonds is 4. The molecule has 0 aliphatic carbocycles. The van der Waals surface area contributed by atoms with Crippen molar-refractivity contribution in [2.75, 3.05) is 13.2 Å². The van der Waals surface area contributed by atoms with Gasteiger partial charge in [-0.05, 0) is 6.92 Å². The molecule has 10 heavy (non-hydrogen) atoms. The maximum atomic E-state index is 10.2. The van der Waals surface area contributed by atoms with Crippen LogP contribution >= 0.6 is 0 Å². The molecule has 3 heteroatoms. The van der Waals surface area contributed by atoms with E-state index in [2.05, 4.69) is 5.92 Å². The lowest BCUT2D eigenvalue weighted by Crippen LogP contribution is -2.17. The maximum absolute atomic E-state index is 10.2. The van der Waals surface area contributed by atoms with Crippen LogP contribution in [-0.4, -0.2) is 24.3 Å². The minimum absolute atomic E-state index is 0.0995. The van der Waals surface area contributed by atoms with E-state index in [1.54, 1.807) is 6.92 Å². The molecule has 0 saturated carbocycles. The summed E-state index contributed by atoms with van der Waals surface area (Å²) in [5, 5.41) is 8.38. The minimum atomic E-state index is -1.00. The highest BCUT2D eigenvalue weighted by Crippen LogP contribution is 1.94. The summed E-state index contributed by atoms with van der Waals surface area (Å²) >= 11 is 0. The van der Waals surface area contributed by atoms with Crippen molar-refractivity contribution in [3.8, 4) is 12.3 Å². The molecule has 0 aromatic carbocycles. The Balaban J connectivity index is 3.64. The average Bonchev–Trinajstić information content (AvgIpc) is 1.89. The molecular weight excluding hydrogens is 132 g/mol. The normalized spacial score (nSPS) is 12.0. The molecule has 56 valence electrons. The number of aliphatic carboxylic acids is 1. The number of hydrogen-bond acceptors (Lipinski definition) is 2. The van der Waals surface area contributed by atoms with E-state index >= 15 is 0 Å². The van der Waals surface area contributed by atoms with Gasteiger partial charge in [-0.1, -0.05) is 5.92 Å². The van der Waals surface area contributed by atoms with E-state index in [0.717, 1.165) is 0 Å². The molecule has 0 aromatic heterocycles. The fourth-order valence-corrected chi connectivity index (χ4v) is 0.426. The molecule has 0 spiro atoms. The van der Waals surface area contributed by atoms with Crippen LogP contribution in [0.4, 0.5) is 0 Å². The highest BCUT2D eigenvalue weighted by Gasteiger charge is 2.12. The van der Waals surface area contributed by atoms with Gasteiger partial charge in [-0.2, -0.15) is 0 Å². The van der Waals surface area contributed by atoms with Gasteiger partial charge in [0.05, 0.1) is 6.61 Å². The molecule has 0 bridgehead atoms. The van der Waals surface area contributed by atoms with Crippen LogP contribution in [0.3, 0.4) is 0 Å². The molecule has 0 aliphatic heterocycles. The Labute approximate surface area is 60.0 Å². The van der Waals surface area contributed by atoms with Gasteiger partial charge in [0.2, 0.25) is 0 Å². The second-order valence-electron chi connectivity index (χ2n) is 1.72. The summed E-state index contributed by atoms with van der Waals surface area (Å²) in [4.78, 5) is 10.2. The zero-order chi connectivity index (χ0) is 7.98.